The number of halogens is 1. The van der Waals surface area contributed by atoms with Crippen molar-refractivity contribution in [3.8, 4) is 0 Å². The average Bonchev–Trinajstić information content (AvgIpc) is 3.06. The van der Waals surface area contributed by atoms with Crippen LogP contribution in [0.1, 0.15) is 39.5 Å². The first kappa shape index (κ1) is 17.5. The third-order valence-corrected chi connectivity index (χ3v) is 6.33. The molecule has 3 aliphatic rings. The van der Waals surface area contributed by atoms with E-state index >= 15 is 0 Å². The van der Waals surface area contributed by atoms with E-state index in [1.165, 1.54) is 45.3 Å². The summed E-state index contributed by atoms with van der Waals surface area (Å²) in [6, 6.07) is 4.24. The predicted molar refractivity (Wildman–Crippen MR) is 99.9 cm³/mol. The van der Waals surface area contributed by atoms with Crippen LogP contribution in [0.4, 0.5) is 5.82 Å². The van der Waals surface area contributed by atoms with Crippen molar-refractivity contribution in [2.45, 2.75) is 51.2 Å². The van der Waals surface area contributed by atoms with Crippen molar-refractivity contribution >= 4 is 17.4 Å². The zero-order chi connectivity index (χ0) is 17.4. The minimum Gasteiger partial charge on any atom is -0.376 e. The van der Waals surface area contributed by atoms with Crippen molar-refractivity contribution < 1.29 is 4.74 Å². The van der Waals surface area contributed by atoms with Crippen LogP contribution in [0.2, 0.25) is 5.15 Å². The van der Waals surface area contributed by atoms with Crippen LogP contribution in [-0.4, -0.2) is 53.0 Å². The first-order chi connectivity index (χ1) is 12.0. The molecular weight excluding hydrogens is 336 g/mol. The second-order valence-electron chi connectivity index (χ2n) is 8.76. The topological polar surface area (TPSA) is 50.3 Å². The summed E-state index contributed by atoms with van der Waals surface area (Å²) in [6.07, 6.45) is 4.89. The number of fused-ring (bicyclic) bond motifs is 1. The van der Waals surface area contributed by atoms with Gasteiger partial charge in [-0.25, -0.2) is 0 Å². The van der Waals surface area contributed by atoms with Gasteiger partial charge in [-0.3, -0.25) is 0 Å². The number of ether oxygens (including phenoxy) is 1. The molecule has 1 saturated carbocycles. The van der Waals surface area contributed by atoms with Gasteiger partial charge in [0.15, 0.2) is 5.15 Å². The Balaban J connectivity index is 1.25. The molecule has 1 N–H and O–H groups in total. The van der Waals surface area contributed by atoms with E-state index in [9.17, 15) is 0 Å². The fourth-order valence-corrected chi connectivity index (χ4v) is 5.25. The molecule has 3 heterocycles. The molecule has 2 saturated heterocycles. The van der Waals surface area contributed by atoms with Crippen molar-refractivity contribution in [2.24, 2.45) is 17.8 Å². The second kappa shape index (κ2) is 7.01. The van der Waals surface area contributed by atoms with Gasteiger partial charge < -0.3 is 15.0 Å². The molecule has 1 aromatic rings. The summed E-state index contributed by atoms with van der Waals surface area (Å²) in [5, 5.41) is 12.0. The molecule has 2 aliphatic heterocycles. The van der Waals surface area contributed by atoms with E-state index in [2.05, 4.69) is 34.3 Å². The van der Waals surface area contributed by atoms with Crippen LogP contribution >= 0.6 is 11.6 Å². The zero-order valence-corrected chi connectivity index (χ0v) is 16.0. The molecule has 25 heavy (non-hydrogen) atoms. The molecule has 0 radical (unpaired) electrons. The smallest absolute Gasteiger partial charge is 0.151 e. The lowest BCUT2D eigenvalue weighted by molar-refractivity contribution is -0.0762. The van der Waals surface area contributed by atoms with Crippen molar-refractivity contribution in [3.05, 3.63) is 17.3 Å². The molecule has 1 aliphatic carbocycles. The maximum atomic E-state index is 5.87. The van der Waals surface area contributed by atoms with Crippen LogP contribution in [0.3, 0.4) is 0 Å². The maximum Gasteiger partial charge on any atom is 0.151 e. The molecule has 0 aromatic carbocycles. The monoisotopic (exact) mass is 364 g/mol. The first-order valence-corrected chi connectivity index (χ1v) is 9.97. The molecule has 0 bridgehead atoms. The third kappa shape index (κ3) is 4.26. The van der Waals surface area contributed by atoms with Gasteiger partial charge in [0.25, 0.3) is 0 Å². The summed E-state index contributed by atoms with van der Waals surface area (Å²) >= 11 is 5.81. The van der Waals surface area contributed by atoms with E-state index in [1.807, 2.05) is 6.07 Å². The van der Waals surface area contributed by atoms with E-state index in [-0.39, 0.29) is 5.60 Å². The van der Waals surface area contributed by atoms with E-state index in [0.717, 1.165) is 30.2 Å². The van der Waals surface area contributed by atoms with Crippen molar-refractivity contribution in [1.82, 2.24) is 15.1 Å². The number of likely N-dealkylation sites (tertiary alicyclic amines) is 1. The fraction of sp³-hybridized carbons (Fsp3) is 0.789. The highest BCUT2D eigenvalue weighted by atomic mass is 35.5. The summed E-state index contributed by atoms with van der Waals surface area (Å²) in [4.78, 5) is 2.71. The third-order valence-electron chi connectivity index (χ3n) is 6.13. The minimum atomic E-state index is 0.0626. The summed E-state index contributed by atoms with van der Waals surface area (Å²) in [6.45, 7) is 9.15. The Morgan fingerprint density at radius 1 is 1.24 bits per heavy atom. The molecule has 138 valence electrons. The van der Waals surface area contributed by atoms with Gasteiger partial charge in [0.2, 0.25) is 0 Å². The van der Waals surface area contributed by atoms with Crippen LogP contribution < -0.4 is 5.32 Å². The largest absolute Gasteiger partial charge is 0.376 e. The van der Waals surface area contributed by atoms with Crippen LogP contribution in [0.15, 0.2) is 12.1 Å². The average molecular weight is 365 g/mol. The van der Waals surface area contributed by atoms with Gasteiger partial charge in [-0.05, 0) is 69.4 Å². The number of nitrogens with zero attached hydrogens (tertiary/aromatic N) is 3. The lowest BCUT2D eigenvalue weighted by atomic mass is 9.88. The Bertz CT molecular complexity index is 580. The number of hydrogen-bond donors (Lipinski definition) is 1. The Hall–Kier alpha value is -0.910. The van der Waals surface area contributed by atoms with Crippen LogP contribution in [0.25, 0.3) is 0 Å². The van der Waals surface area contributed by atoms with E-state index in [0.29, 0.717) is 11.2 Å². The fourth-order valence-electron chi connectivity index (χ4n) is 5.15. The summed E-state index contributed by atoms with van der Waals surface area (Å²) in [5.74, 6) is 3.28. The first-order valence-electron chi connectivity index (χ1n) is 9.59. The van der Waals surface area contributed by atoms with Gasteiger partial charge >= 0.3 is 0 Å². The van der Waals surface area contributed by atoms with Gasteiger partial charge in [-0.15, -0.1) is 10.2 Å². The van der Waals surface area contributed by atoms with Gasteiger partial charge in [0.05, 0.1) is 5.60 Å². The number of anilines is 1. The van der Waals surface area contributed by atoms with Gasteiger partial charge in [0.1, 0.15) is 5.82 Å². The Kier molecular flexibility index (Phi) is 4.91. The minimum absolute atomic E-state index is 0.0626. The molecule has 0 amide bonds. The zero-order valence-electron chi connectivity index (χ0n) is 15.2. The standard InChI is InChI=1S/C19H29ClN4O/c1-19(2)9-13(5-6-25-19)10-24-11-14-7-16(8-15(14)12-24)21-18-4-3-17(20)22-23-18/h3-4,13-16H,5-12H2,1-2H3,(H,21,23)/t13?,14-,15?,16?/m1/s1. The molecule has 3 unspecified atom stereocenters. The lowest BCUT2D eigenvalue weighted by Gasteiger charge is -2.37. The molecule has 5 nitrogen and oxygen atoms in total. The summed E-state index contributed by atoms with van der Waals surface area (Å²) < 4.78 is 5.87. The molecular formula is C19H29ClN4O. The van der Waals surface area contributed by atoms with Gasteiger partial charge in [0, 0.05) is 32.3 Å². The Labute approximate surface area is 155 Å². The highest BCUT2D eigenvalue weighted by molar-refractivity contribution is 6.29. The molecule has 0 spiro atoms. The number of hydrogen-bond acceptors (Lipinski definition) is 5. The number of nitrogens with one attached hydrogen (secondary N) is 1. The quantitative estimate of drug-likeness (QED) is 0.886. The van der Waals surface area contributed by atoms with Crippen molar-refractivity contribution in [1.29, 1.82) is 0 Å². The molecule has 4 rings (SSSR count). The van der Waals surface area contributed by atoms with Crippen LogP contribution in [0.5, 0.6) is 0 Å². The van der Waals surface area contributed by atoms with Crippen LogP contribution in [-0.2, 0) is 4.74 Å². The number of aromatic nitrogens is 2. The van der Waals surface area contributed by atoms with Crippen molar-refractivity contribution in [3.63, 3.8) is 0 Å². The highest BCUT2D eigenvalue weighted by Crippen LogP contribution is 2.40. The molecule has 4 atom stereocenters. The molecule has 6 heteroatoms. The Morgan fingerprint density at radius 3 is 2.64 bits per heavy atom. The van der Waals surface area contributed by atoms with Gasteiger partial charge in [-0.2, -0.15) is 0 Å². The predicted octanol–water partition coefficient (Wildman–Crippen LogP) is 3.46. The Morgan fingerprint density at radius 2 is 2.00 bits per heavy atom. The summed E-state index contributed by atoms with van der Waals surface area (Å²) in [7, 11) is 0. The van der Waals surface area contributed by atoms with E-state index < -0.39 is 0 Å². The number of rotatable bonds is 4. The molecule has 1 aromatic heterocycles. The van der Waals surface area contributed by atoms with E-state index in [1.54, 1.807) is 6.07 Å². The van der Waals surface area contributed by atoms with Crippen LogP contribution in [0, 0.1) is 17.8 Å². The summed E-state index contributed by atoms with van der Waals surface area (Å²) in [5.41, 5.74) is 0.0626. The lowest BCUT2D eigenvalue weighted by Crippen LogP contribution is -2.39. The highest BCUT2D eigenvalue weighted by Gasteiger charge is 2.42. The van der Waals surface area contributed by atoms with E-state index in [4.69, 9.17) is 16.3 Å². The maximum absolute atomic E-state index is 5.87. The normalized spacial score (nSPS) is 34.8. The second-order valence-corrected chi connectivity index (χ2v) is 9.15. The van der Waals surface area contributed by atoms with Crippen molar-refractivity contribution in [2.75, 3.05) is 31.6 Å². The molecule has 3 fully saturated rings. The van der Waals surface area contributed by atoms with Gasteiger partial charge in [-0.1, -0.05) is 11.6 Å². The SMILES string of the molecule is CC1(C)CC(CN2CC3CC(Nc4ccc(Cl)nn4)C[C@@H]3C2)CCO1.